The van der Waals surface area contributed by atoms with Gasteiger partial charge >= 0.3 is 0 Å². The minimum Gasteiger partial charge on any atom is -0.434 e. The number of para-hydroxylation sites is 1. The Labute approximate surface area is 105 Å². The van der Waals surface area contributed by atoms with Gasteiger partial charge in [-0.05, 0) is 17.3 Å². The monoisotopic (exact) mass is 250 g/mol. The number of fused-ring (bicyclic) bond motifs is 1. The molecule has 1 aliphatic heterocycles. The molecule has 0 saturated carbocycles. The first kappa shape index (κ1) is 12.4. The molecule has 0 amide bonds. The highest BCUT2D eigenvalue weighted by Crippen LogP contribution is 2.26. The lowest BCUT2D eigenvalue weighted by molar-refractivity contribution is 0.0732. The van der Waals surface area contributed by atoms with Gasteiger partial charge in [0, 0.05) is 7.11 Å². The van der Waals surface area contributed by atoms with Gasteiger partial charge in [-0.2, -0.15) is 0 Å². The molecular formula is C12H14N2O4. The molecule has 1 aromatic carbocycles. The van der Waals surface area contributed by atoms with E-state index >= 15 is 0 Å². The zero-order valence-corrected chi connectivity index (χ0v) is 10.3. The molecule has 18 heavy (non-hydrogen) atoms. The van der Waals surface area contributed by atoms with Crippen LogP contribution in [0.15, 0.2) is 34.6 Å². The second kappa shape index (κ2) is 6.02. The lowest BCUT2D eigenvalue weighted by Gasteiger charge is -2.00. The Balaban J connectivity index is 2.16. The highest BCUT2D eigenvalue weighted by atomic mass is 16.7. The van der Waals surface area contributed by atoms with Crippen LogP contribution >= 0.6 is 0 Å². The minimum absolute atomic E-state index is 0.286. The smallest absolute Gasteiger partial charge is 0.286 e. The van der Waals surface area contributed by atoms with Gasteiger partial charge in [0.1, 0.15) is 19.5 Å². The summed E-state index contributed by atoms with van der Waals surface area (Å²) in [4.78, 5) is 9.85. The van der Waals surface area contributed by atoms with Gasteiger partial charge in [-0.25, -0.2) is 0 Å². The normalized spacial score (nSPS) is 17.7. The third-order valence-corrected chi connectivity index (χ3v) is 2.26. The highest BCUT2D eigenvalue weighted by molar-refractivity contribution is 6.48. The Morgan fingerprint density at radius 2 is 1.94 bits per heavy atom. The lowest BCUT2D eigenvalue weighted by atomic mass is 10.1. The predicted octanol–water partition coefficient (Wildman–Crippen LogP) is 1.41. The number of oxime groups is 2. The van der Waals surface area contributed by atoms with Gasteiger partial charge in [-0.1, -0.05) is 17.3 Å². The SMILES string of the molecule is COCCO/N=C1\Oc2ccccc2\C1=N/OC. The summed E-state index contributed by atoms with van der Waals surface area (Å²) in [7, 11) is 3.06. The molecule has 0 N–H and O–H groups in total. The van der Waals surface area contributed by atoms with Crippen LogP contribution in [0, 0.1) is 0 Å². The van der Waals surface area contributed by atoms with Crippen molar-refractivity contribution in [1.29, 1.82) is 0 Å². The van der Waals surface area contributed by atoms with Crippen molar-refractivity contribution < 1.29 is 19.1 Å². The molecule has 6 nitrogen and oxygen atoms in total. The van der Waals surface area contributed by atoms with Crippen molar-refractivity contribution >= 4 is 11.6 Å². The number of benzene rings is 1. The number of ether oxygens (including phenoxy) is 2. The number of rotatable bonds is 5. The molecule has 0 aromatic heterocycles. The van der Waals surface area contributed by atoms with Crippen LogP contribution < -0.4 is 4.74 Å². The van der Waals surface area contributed by atoms with Gasteiger partial charge < -0.3 is 19.1 Å². The molecule has 96 valence electrons. The molecule has 0 aliphatic carbocycles. The third-order valence-electron chi connectivity index (χ3n) is 2.26. The second-order valence-corrected chi connectivity index (χ2v) is 3.44. The first-order valence-electron chi connectivity index (χ1n) is 5.44. The van der Waals surface area contributed by atoms with Crippen LogP contribution in [0.5, 0.6) is 5.75 Å². The summed E-state index contributed by atoms with van der Waals surface area (Å²) in [6.45, 7) is 0.806. The zero-order valence-electron chi connectivity index (χ0n) is 10.3. The molecule has 1 aliphatic rings. The van der Waals surface area contributed by atoms with E-state index < -0.39 is 0 Å². The molecular weight excluding hydrogens is 236 g/mol. The molecule has 2 rings (SSSR count). The van der Waals surface area contributed by atoms with E-state index in [-0.39, 0.29) is 5.90 Å². The number of hydrogen-bond acceptors (Lipinski definition) is 6. The van der Waals surface area contributed by atoms with Gasteiger partial charge in [-0.3, -0.25) is 0 Å². The van der Waals surface area contributed by atoms with Crippen molar-refractivity contribution in [3.63, 3.8) is 0 Å². The highest BCUT2D eigenvalue weighted by Gasteiger charge is 2.28. The molecule has 6 heteroatoms. The molecule has 0 saturated heterocycles. The maximum absolute atomic E-state index is 5.53. The van der Waals surface area contributed by atoms with Crippen LogP contribution in [0.3, 0.4) is 0 Å². The van der Waals surface area contributed by atoms with Crippen molar-refractivity contribution in [1.82, 2.24) is 0 Å². The van der Waals surface area contributed by atoms with E-state index in [2.05, 4.69) is 10.3 Å². The van der Waals surface area contributed by atoms with E-state index in [1.165, 1.54) is 7.11 Å². The predicted molar refractivity (Wildman–Crippen MR) is 65.9 cm³/mol. The molecule has 1 heterocycles. The molecule has 0 spiro atoms. The van der Waals surface area contributed by atoms with E-state index in [9.17, 15) is 0 Å². The van der Waals surface area contributed by atoms with Crippen molar-refractivity contribution in [2.24, 2.45) is 10.3 Å². The van der Waals surface area contributed by atoms with Crippen LogP contribution in [-0.4, -0.2) is 39.0 Å². The van der Waals surface area contributed by atoms with Crippen LogP contribution in [0.25, 0.3) is 0 Å². The minimum atomic E-state index is 0.286. The standard InChI is InChI=1S/C12H14N2O4/c1-15-7-8-17-14-12-11(13-16-2)9-5-3-4-6-10(9)18-12/h3-6H,7-8H2,1-2H3/b13-11+,14-12-. The maximum Gasteiger partial charge on any atom is 0.286 e. The zero-order chi connectivity index (χ0) is 12.8. The first-order valence-corrected chi connectivity index (χ1v) is 5.44. The lowest BCUT2D eigenvalue weighted by Crippen LogP contribution is -2.15. The van der Waals surface area contributed by atoms with E-state index in [1.54, 1.807) is 7.11 Å². The molecule has 0 radical (unpaired) electrons. The fraction of sp³-hybridized carbons (Fsp3) is 0.333. The van der Waals surface area contributed by atoms with Gasteiger partial charge in [0.25, 0.3) is 5.90 Å². The number of hydrogen-bond donors (Lipinski definition) is 0. The van der Waals surface area contributed by atoms with E-state index in [1.807, 2.05) is 24.3 Å². The number of nitrogens with zero attached hydrogens (tertiary/aromatic N) is 2. The van der Waals surface area contributed by atoms with Gasteiger partial charge in [0.15, 0.2) is 5.71 Å². The Bertz CT molecular complexity index is 471. The Morgan fingerprint density at radius 3 is 2.72 bits per heavy atom. The summed E-state index contributed by atoms with van der Waals surface area (Å²) in [5.41, 5.74) is 1.35. The van der Waals surface area contributed by atoms with Crippen LogP contribution in [-0.2, 0) is 14.4 Å². The topological polar surface area (TPSA) is 61.6 Å². The summed E-state index contributed by atoms with van der Waals surface area (Å²) in [6.07, 6.45) is 0. The quantitative estimate of drug-likeness (QED) is 0.585. The van der Waals surface area contributed by atoms with Gasteiger partial charge in [0.2, 0.25) is 0 Å². The third kappa shape index (κ3) is 2.60. The molecule has 0 fully saturated rings. The fourth-order valence-corrected chi connectivity index (χ4v) is 1.49. The van der Waals surface area contributed by atoms with Crippen LogP contribution in [0.4, 0.5) is 0 Å². The Kier molecular flexibility index (Phi) is 4.14. The Morgan fingerprint density at radius 1 is 1.11 bits per heavy atom. The number of methoxy groups -OCH3 is 1. The summed E-state index contributed by atoms with van der Waals surface area (Å²) in [5.74, 6) is 0.969. The average Bonchev–Trinajstić information content (AvgIpc) is 2.74. The second-order valence-electron chi connectivity index (χ2n) is 3.44. The fourth-order valence-electron chi connectivity index (χ4n) is 1.49. The van der Waals surface area contributed by atoms with E-state index in [4.69, 9.17) is 19.1 Å². The van der Waals surface area contributed by atoms with Crippen molar-refractivity contribution in [2.45, 2.75) is 0 Å². The molecule has 0 unspecified atom stereocenters. The summed E-state index contributed by atoms with van der Waals surface area (Å²) >= 11 is 0. The first-order chi connectivity index (χ1) is 8.86. The largest absolute Gasteiger partial charge is 0.434 e. The maximum atomic E-state index is 5.53. The van der Waals surface area contributed by atoms with Gasteiger partial charge in [-0.15, -0.1) is 0 Å². The van der Waals surface area contributed by atoms with Crippen molar-refractivity contribution in [3.8, 4) is 5.75 Å². The summed E-state index contributed by atoms with van der Waals surface area (Å²) < 4.78 is 10.4. The van der Waals surface area contributed by atoms with E-state index in [0.29, 0.717) is 24.7 Å². The average molecular weight is 250 g/mol. The summed E-state index contributed by atoms with van der Waals surface area (Å²) in [6, 6.07) is 7.48. The summed E-state index contributed by atoms with van der Waals surface area (Å²) in [5, 5.41) is 7.77. The van der Waals surface area contributed by atoms with E-state index in [0.717, 1.165) is 5.56 Å². The van der Waals surface area contributed by atoms with Crippen LogP contribution in [0.2, 0.25) is 0 Å². The Hall–Kier alpha value is -2.08. The van der Waals surface area contributed by atoms with Gasteiger partial charge in [0.05, 0.1) is 12.2 Å². The molecule has 0 atom stereocenters. The molecule has 1 aromatic rings. The van der Waals surface area contributed by atoms with Crippen LogP contribution in [0.1, 0.15) is 5.56 Å². The molecule has 0 bridgehead atoms. The van der Waals surface area contributed by atoms with Crippen molar-refractivity contribution in [3.05, 3.63) is 29.8 Å². The van der Waals surface area contributed by atoms with Crippen molar-refractivity contribution in [2.75, 3.05) is 27.4 Å².